The topological polar surface area (TPSA) is 90.9 Å². The summed E-state index contributed by atoms with van der Waals surface area (Å²) in [6.07, 6.45) is 2.35. The summed E-state index contributed by atoms with van der Waals surface area (Å²) in [6.45, 7) is 6.13. The molecule has 8 heteroatoms. The van der Waals surface area contributed by atoms with E-state index >= 15 is 4.39 Å². The van der Waals surface area contributed by atoms with Crippen LogP contribution in [0.4, 0.5) is 10.2 Å². The molecule has 1 fully saturated rings. The van der Waals surface area contributed by atoms with E-state index in [4.69, 9.17) is 15.6 Å². The monoisotopic (exact) mass is 432 g/mol. The fourth-order valence-electron chi connectivity index (χ4n) is 4.35. The van der Waals surface area contributed by atoms with Crippen LogP contribution >= 0.6 is 0 Å². The average Bonchev–Trinajstić information content (AvgIpc) is 3.15. The largest absolute Gasteiger partial charge is 0.457 e. The molecule has 0 amide bonds. The van der Waals surface area contributed by atoms with E-state index in [1.807, 2.05) is 35.0 Å². The molecular weight excluding hydrogens is 407 g/mol. The summed E-state index contributed by atoms with van der Waals surface area (Å²) in [7, 11) is 0. The van der Waals surface area contributed by atoms with Crippen LogP contribution in [-0.2, 0) is 0 Å². The Morgan fingerprint density at radius 1 is 1.12 bits per heavy atom. The summed E-state index contributed by atoms with van der Waals surface area (Å²) in [5, 5.41) is 8.83. The van der Waals surface area contributed by atoms with Crippen LogP contribution < -0.4 is 15.8 Å². The normalized spacial score (nSPS) is 18.0. The molecule has 1 atom stereocenters. The van der Waals surface area contributed by atoms with Gasteiger partial charge in [0.05, 0.1) is 11.4 Å². The molecule has 1 aliphatic heterocycles. The van der Waals surface area contributed by atoms with Crippen molar-refractivity contribution in [3.8, 4) is 22.8 Å². The van der Waals surface area contributed by atoms with E-state index in [9.17, 15) is 0 Å². The number of para-hydroxylation sites is 1. The number of fused-ring (bicyclic) bond motifs is 1. The molecule has 3 heterocycles. The Bertz CT molecular complexity index is 1270. The number of anilines is 1. The predicted octanol–water partition coefficient (Wildman–Crippen LogP) is 4.57. The Morgan fingerprint density at radius 2 is 1.94 bits per heavy atom. The van der Waals surface area contributed by atoms with Crippen molar-refractivity contribution >= 4 is 16.9 Å². The van der Waals surface area contributed by atoms with Crippen molar-refractivity contribution in [1.29, 1.82) is 0 Å². The molecule has 0 aliphatic carbocycles. The third kappa shape index (κ3) is 3.78. The number of aromatic nitrogens is 4. The SMILES string of the molecule is CC1(C)CNC[C@H](n2nc(-c3ccc(Oc4ccccc4)cc3F)c3c(N)ncnc32)C1. The van der Waals surface area contributed by atoms with Crippen LogP contribution in [0.3, 0.4) is 0 Å². The molecule has 3 N–H and O–H groups in total. The number of piperidine rings is 1. The van der Waals surface area contributed by atoms with E-state index in [1.54, 1.807) is 12.1 Å². The molecule has 32 heavy (non-hydrogen) atoms. The number of rotatable bonds is 4. The minimum absolute atomic E-state index is 0.0769. The summed E-state index contributed by atoms with van der Waals surface area (Å²) < 4.78 is 22.9. The highest BCUT2D eigenvalue weighted by molar-refractivity contribution is 5.98. The quantitative estimate of drug-likeness (QED) is 0.491. The first-order valence-electron chi connectivity index (χ1n) is 10.6. The van der Waals surface area contributed by atoms with Crippen molar-refractivity contribution in [3.63, 3.8) is 0 Å². The summed E-state index contributed by atoms with van der Waals surface area (Å²) in [5.41, 5.74) is 7.70. The Labute approximate surface area is 185 Å². The molecule has 0 bridgehead atoms. The van der Waals surface area contributed by atoms with Crippen molar-refractivity contribution < 1.29 is 9.13 Å². The van der Waals surface area contributed by atoms with Crippen LogP contribution in [-0.4, -0.2) is 32.8 Å². The number of benzene rings is 2. The van der Waals surface area contributed by atoms with Gasteiger partial charge in [0, 0.05) is 24.7 Å². The molecule has 5 rings (SSSR count). The highest BCUT2D eigenvalue weighted by atomic mass is 19.1. The highest BCUT2D eigenvalue weighted by Crippen LogP contribution is 2.37. The number of hydrogen-bond donors (Lipinski definition) is 2. The van der Waals surface area contributed by atoms with Gasteiger partial charge in [0.1, 0.15) is 35.2 Å². The summed E-state index contributed by atoms with van der Waals surface area (Å²) in [5.74, 6) is 0.877. The smallest absolute Gasteiger partial charge is 0.164 e. The zero-order valence-corrected chi connectivity index (χ0v) is 18.0. The van der Waals surface area contributed by atoms with Gasteiger partial charge in [-0.05, 0) is 36.1 Å². The van der Waals surface area contributed by atoms with Crippen LogP contribution in [0.2, 0.25) is 0 Å². The van der Waals surface area contributed by atoms with Crippen LogP contribution in [0.1, 0.15) is 26.3 Å². The molecule has 4 aromatic rings. The van der Waals surface area contributed by atoms with E-state index in [-0.39, 0.29) is 17.3 Å². The number of hydrogen-bond acceptors (Lipinski definition) is 6. The van der Waals surface area contributed by atoms with Gasteiger partial charge in [-0.3, -0.25) is 0 Å². The fourth-order valence-corrected chi connectivity index (χ4v) is 4.35. The second kappa shape index (κ2) is 7.87. The molecule has 7 nitrogen and oxygen atoms in total. The van der Waals surface area contributed by atoms with E-state index in [2.05, 4.69) is 29.1 Å². The Balaban J connectivity index is 1.57. The standard InChI is InChI=1S/C24H25FN6O/c1-24(2)11-15(12-27-13-24)31-23-20(22(26)28-14-29-23)21(30-31)18-9-8-17(10-19(18)25)32-16-6-4-3-5-7-16/h3-10,14-15,27H,11-13H2,1-2H3,(H2,26,28,29)/t15-/m1/s1. The maximum absolute atomic E-state index is 15.2. The van der Waals surface area contributed by atoms with Gasteiger partial charge in [-0.25, -0.2) is 19.0 Å². The van der Waals surface area contributed by atoms with Gasteiger partial charge < -0.3 is 15.8 Å². The lowest BCUT2D eigenvalue weighted by Gasteiger charge is -2.36. The summed E-state index contributed by atoms with van der Waals surface area (Å²) >= 11 is 0. The molecule has 1 saturated heterocycles. The van der Waals surface area contributed by atoms with Gasteiger partial charge in [0.2, 0.25) is 0 Å². The van der Waals surface area contributed by atoms with Crippen LogP contribution in [0, 0.1) is 11.2 Å². The van der Waals surface area contributed by atoms with E-state index in [1.165, 1.54) is 12.4 Å². The maximum atomic E-state index is 15.2. The van der Waals surface area contributed by atoms with E-state index in [0.717, 1.165) is 19.5 Å². The molecule has 2 aromatic carbocycles. The van der Waals surface area contributed by atoms with Gasteiger partial charge >= 0.3 is 0 Å². The van der Waals surface area contributed by atoms with Crippen molar-refractivity contribution in [3.05, 3.63) is 60.7 Å². The van der Waals surface area contributed by atoms with Gasteiger partial charge in [-0.1, -0.05) is 32.0 Å². The zero-order valence-electron chi connectivity index (χ0n) is 18.0. The lowest BCUT2D eigenvalue weighted by molar-refractivity contribution is 0.196. The predicted molar refractivity (Wildman–Crippen MR) is 122 cm³/mol. The Kier molecular flexibility index (Phi) is 5.01. The number of nitrogen functional groups attached to an aromatic ring is 1. The lowest BCUT2D eigenvalue weighted by atomic mass is 9.83. The molecule has 0 saturated carbocycles. The Hall–Kier alpha value is -3.52. The summed E-state index contributed by atoms with van der Waals surface area (Å²) in [6, 6.07) is 14.1. The van der Waals surface area contributed by atoms with E-state index in [0.29, 0.717) is 33.8 Å². The van der Waals surface area contributed by atoms with Crippen LogP contribution in [0.25, 0.3) is 22.3 Å². The van der Waals surface area contributed by atoms with Crippen LogP contribution in [0.5, 0.6) is 11.5 Å². The third-order valence-corrected chi connectivity index (χ3v) is 5.81. The van der Waals surface area contributed by atoms with Gasteiger partial charge in [0.25, 0.3) is 0 Å². The van der Waals surface area contributed by atoms with Gasteiger partial charge in [-0.15, -0.1) is 0 Å². The molecule has 164 valence electrons. The maximum Gasteiger partial charge on any atom is 0.164 e. The number of halogens is 1. The number of ether oxygens (including phenoxy) is 1. The minimum atomic E-state index is -0.449. The fraction of sp³-hybridized carbons (Fsp3) is 0.292. The van der Waals surface area contributed by atoms with Crippen molar-refractivity contribution in [1.82, 2.24) is 25.1 Å². The van der Waals surface area contributed by atoms with Gasteiger partial charge in [0.15, 0.2) is 5.65 Å². The number of nitrogens with zero attached hydrogens (tertiary/aromatic N) is 4. The minimum Gasteiger partial charge on any atom is -0.457 e. The second-order valence-electron chi connectivity index (χ2n) is 8.96. The first-order valence-corrected chi connectivity index (χ1v) is 10.6. The summed E-state index contributed by atoms with van der Waals surface area (Å²) in [4.78, 5) is 8.58. The first kappa shape index (κ1) is 20.4. The third-order valence-electron chi connectivity index (χ3n) is 5.81. The molecule has 1 aliphatic rings. The number of nitrogens with two attached hydrogens (primary N) is 1. The van der Waals surface area contributed by atoms with E-state index < -0.39 is 5.82 Å². The lowest BCUT2D eigenvalue weighted by Crippen LogP contribution is -2.42. The first-order chi connectivity index (χ1) is 15.4. The molecule has 0 radical (unpaired) electrons. The zero-order chi connectivity index (χ0) is 22.3. The Morgan fingerprint density at radius 3 is 2.69 bits per heavy atom. The molecule has 0 unspecified atom stereocenters. The van der Waals surface area contributed by atoms with Gasteiger partial charge in [-0.2, -0.15) is 5.10 Å². The molecule has 2 aromatic heterocycles. The molecular formula is C24H25FN6O. The highest BCUT2D eigenvalue weighted by Gasteiger charge is 2.32. The average molecular weight is 433 g/mol. The van der Waals surface area contributed by atoms with Crippen LogP contribution in [0.15, 0.2) is 54.9 Å². The number of nitrogens with one attached hydrogen (secondary N) is 1. The molecule has 0 spiro atoms. The van der Waals surface area contributed by atoms with Crippen molar-refractivity contribution in [2.24, 2.45) is 5.41 Å². The second-order valence-corrected chi connectivity index (χ2v) is 8.96. The van der Waals surface area contributed by atoms with Crippen molar-refractivity contribution in [2.45, 2.75) is 26.3 Å². The van der Waals surface area contributed by atoms with Crippen molar-refractivity contribution in [2.75, 3.05) is 18.8 Å².